The second-order valence-corrected chi connectivity index (χ2v) is 3.81. The molecule has 0 saturated heterocycles. The number of nitrogens with two attached hydrogens (primary N) is 1. The van der Waals surface area contributed by atoms with Crippen LogP contribution in [0.4, 0.5) is 10.2 Å². The van der Waals surface area contributed by atoms with Crippen molar-refractivity contribution in [2.45, 2.75) is 13.8 Å². The Bertz CT molecular complexity index is 601. The highest BCUT2D eigenvalue weighted by Crippen LogP contribution is 2.29. The van der Waals surface area contributed by atoms with E-state index in [1.54, 1.807) is 13.8 Å². The van der Waals surface area contributed by atoms with Gasteiger partial charge in [-0.2, -0.15) is 0 Å². The van der Waals surface area contributed by atoms with Gasteiger partial charge in [-0.05, 0) is 19.9 Å². The fraction of sp³-hybridized carbons (Fsp3) is 0.250. The van der Waals surface area contributed by atoms with Crippen molar-refractivity contribution in [1.29, 1.82) is 0 Å². The smallest absolute Gasteiger partial charge is 0.250 e. The molecule has 0 aromatic carbocycles. The third-order valence-corrected chi connectivity index (χ3v) is 2.60. The number of rotatable bonds is 2. The van der Waals surface area contributed by atoms with Gasteiger partial charge in [0.1, 0.15) is 11.6 Å². The minimum atomic E-state index is -0.555. The molecule has 0 atom stereocenters. The molecular formula is C12H13FN4O. The molecule has 0 radical (unpaired) electrons. The van der Waals surface area contributed by atoms with Crippen LogP contribution in [0.1, 0.15) is 11.4 Å². The lowest BCUT2D eigenvalue weighted by atomic mass is 10.1. The Labute approximate surface area is 104 Å². The van der Waals surface area contributed by atoms with E-state index in [-0.39, 0.29) is 5.88 Å². The number of hydrogen-bond acceptors (Lipinski definition) is 5. The van der Waals surface area contributed by atoms with Gasteiger partial charge in [-0.1, -0.05) is 0 Å². The zero-order valence-corrected chi connectivity index (χ0v) is 10.4. The number of halogens is 1. The molecule has 2 rings (SSSR count). The molecule has 0 aliphatic rings. The topological polar surface area (TPSA) is 73.9 Å². The maximum Gasteiger partial charge on any atom is 0.250 e. The van der Waals surface area contributed by atoms with Crippen molar-refractivity contribution >= 4 is 5.82 Å². The van der Waals surface area contributed by atoms with Crippen molar-refractivity contribution in [3.8, 4) is 17.1 Å². The highest BCUT2D eigenvalue weighted by molar-refractivity contribution is 5.68. The third kappa shape index (κ3) is 1.97. The maximum absolute atomic E-state index is 14.1. The molecule has 0 bridgehead atoms. The van der Waals surface area contributed by atoms with Gasteiger partial charge >= 0.3 is 0 Å². The van der Waals surface area contributed by atoms with Crippen molar-refractivity contribution in [2.75, 3.05) is 12.8 Å². The second-order valence-electron chi connectivity index (χ2n) is 3.81. The zero-order chi connectivity index (χ0) is 13.3. The first kappa shape index (κ1) is 12.2. The van der Waals surface area contributed by atoms with Gasteiger partial charge in [0.05, 0.1) is 12.8 Å². The third-order valence-electron chi connectivity index (χ3n) is 2.60. The summed E-state index contributed by atoms with van der Waals surface area (Å²) in [5, 5.41) is 0. The van der Waals surface area contributed by atoms with Crippen LogP contribution < -0.4 is 10.5 Å². The average Bonchev–Trinajstić information content (AvgIpc) is 2.34. The standard InChI is InChI=1S/C12H13FN4O/c1-6-10(16-7(2)17-11(6)14)8-4-5-15-12(18-3)9(8)13/h4-5H,1-3H3,(H2,14,16,17). The highest BCUT2D eigenvalue weighted by Gasteiger charge is 2.16. The molecule has 5 nitrogen and oxygen atoms in total. The normalized spacial score (nSPS) is 10.4. The van der Waals surface area contributed by atoms with E-state index in [4.69, 9.17) is 10.5 Å². The van der Waals surface area contributed by atoms with Gasteiger partial charge in [0.15, 0.2) is 5.82 Å². The molecule has 2 N–H and O–H groups in total. The average molecular weight is 248 g/mol. The van der Waals surface area contributed by atoms with E-state index in [2.05, 4.69) is 15.0 Å². The van der Waals surface area contributed by atoms with Crippen LogP contribution in [-0.4, -0.2) is 22.1 Å². The van der Waals surface area contributed by atoms with Gasteiger partial charge in [0.2, 0.25) is 0 Å². The number of aromatic nitrogens is 3. The van der Waals surface area contributed by atoms with Crippen molar-refractivity contribution in [3.05, 3.63) is 29.5 Å². The van der Waals surface area contributed by atoms with Crippen molar-refractivity contribution in [2.24, 2.45) is 0 Å². The summed E-state index contributed by atoms with van der Waals surface area (Å²) in [7, 11) is 1.36. The number of pyridine rings is 1. The summed E-state index contributed by atoms with van der Waals surface area (Å²) in [6, 6.07) is 1.53. The minimum Gasteiger partial charge on any atom is -0.479 e. The number of hydrogen-bond donors (Lipinski definition) is 1. The van der Waals surface area contributed by atoms with Crippen LogP contribution in [0.2, 0.25) is 0 Å². The number of anilines is 1. The number of aryl methyl sites for hydroxylation is 1. The predicted molar refractivity (Wildman–Crippen MR) is 65.7 cm³/mol. The Morgan fingerprint density at radius 2 is 2.00 bits per heavy atom. The second kappa shape index (κ2) is 4.56. The first-order valence-corrected chi connectivity index (χ1v) is 5.34. The van der Waals surface area contributed by atoms with E-state index < -0.39 is 5.82 Å². The monoisotopic (exact) mass is 248 g/mol. The Kier molecular flexibility index (Phi) is 3.10. The number of nitrogen functional groups attached to an aromatic ring is 1. The van der Waals surface area contributed by atoms with Gasteiger partial charge in [-0.3, -0.25) is 0 Å². The molecule has 0 aliphatic heterocycles. The van der Waals surface area contributed by atoms with Gasteiger partial charge in [0.25, 0.3) is 5.88 Å². The Hall–Kier alpha value is -2.24. The van der Waals surface area contributed by atoms with E-state index in [9.17, 15) is 4.39 Å². The molecule has 0 saturated carbocycles. The molecule has 0 unspecified atom stereocenters. The molecule has 6 heteroatoms. The number of ether oxygens (including phenoxy) is 1. The van der Waals surface area contributed by atoms with E-state index in [0.29, 0.717) is 28.5 Å². The lowest BCUT2D eigenvalue weighted by Gasteiger charge is -2.10. The van der Waals surface area contributed by atoms with Crippen molar-refractivity contribution < 1.29 is 9.13 Å². The molecule has 2 aromatic heterocycles. The summed E-state index contributed by atoms with van der Waals surface area (Å²) in [4.78, 5) is 12.0. The van der Waals surface area contributed by atoms with E-state index in [1.165, 1.54) is 19.4 Å². The quantitative estimate of drug-likeness (QED) is 0.878. The SMILES string of the molecule is COc1nccc(-c2nc(C)nc(N)c2C)c1F. The zero-order valence-electron chi connectivity index (χ0n) is 10.4. The Morgan fingerprint density at radius 3 is 2.67 bits per heavy atom. The van der Waals surface area contributed by atoms with Crippen molar-refractivity contribution in [1.82, 2.24) is 15.0 Å². The Morgan fingerprint density at radius 1 is 1.28 bits per heavy atom. The molecular weight excluding hydrogens is 235 g/mol. The minimum absolute atomic E-state index is 0.0678. The fourth-order valence-corrected chi connectivity index (χ4v) is 1.66. The van der Waals surface area contributed by atoms with Gasteiger partial charge in [0, 0.05) is 17.3 Å². The molecule has 18 heavy (non-hydrogen) atoms. The van der Waals surface area contributed by atoms with Crippen LogP contribution in [-0.2, 0) is 0 Å². The molecule has 0 aliphatic carbocycles. The largest absolute Gasteiger partial charge is 0.479 e. The first-order valence-electron chi connectivity index (χ1n) is 5.34. The van der Waals surface area contributed by atoms with E-state index >= 15 is 0 Å². The first-order chi connectivity index (χ1) is 8.54. The van der Waals surface area contributed by atoms with Crippen molar-refractivity contribution in [3.63, 3.8) is 0 Å². The number of nitrogens with zero attached hydrogens (tertiary/aromatic N) is 3. The summed E-state index contributed by atoms with van der Waals surface area (Å²) in [6.45, 7) is 3.45. The summed E-state index contributed by atoms with van der Waals surface area (Å²) in [5.74, 6) is 0.207. The maximum atomic E-state index is 14.1. The lowest BCUT2D eigenvalue weighted by Crippen LogP contribution is -2.04. The molecule has 94 valence electrons. The van der Waals surface area contributed by atoms with Gasteiger partial charge < -0.3 is 10.5 Å². The van der Waals surface area contributed by atoms with Gasteiger partial charge in [-0.25, -0.2) is 19.3 Å². The molecule has 2 heterocycles. The van der Waals surface area contributed by atoms with Crippen LogP contribution in [0.15, 0.2) is 12.3 Å². The van der Waals surface area contributed by atoms with E-state index in [1.807, 2.05) is 0 Å². The molecule has 0 fully saturated rings. The summed E-state index contributed by atoms with van der Waals surface area (Å²) >= 11 is 0. The van der Waals surface area contributed by atoms with E-state index in [0.717, 1.165) is 0 Å². The molecule has 2 aromatic rings. The fourth-order valence-electron chi connectivity index (χ4n) is 1.66. The molecule has 0 amide bonds. The van der Waals surface area contributed by atoms with Crippen LogP contribution in [0, 0.1) is 19.7 Å². The Balaban J connectivity index is 2.69. The van der Waals surface area contributed by atoms with Crippen LogP contribution >= 0.6 is 0 Å². The summed E-state index contributed by atoms with van der Waals surface area (Å²) < 4.78 is 19.0. The lowest BCUT2D eigenvalue weighted by molar-refractivity contribution is 0.370. The van der Waals surface area contributed by atoms with Crippen LogP contribution in [0.5, 0.6) is 5.88 Å². The highest BCUT2D eigenvalue weighted by atomic mass is 19.1. The van der Waals surface area contributed by atoms with Crippen LogP contribution in [0.3, 0.4) is 0 Å². The predicted octanol–water partition coefficient (Wildman–Crippen LogP) is 1.89. The van der Waals surface area contributed by atoms with Crippen LogP contribution in [0.25, 0.3) is 11.3 Å². The molecule has 0 spiro atoms. The number of methoxy groups -OCH3 is 1. The summed E-state index contributed by atoms with van der Waals surface area (Å²) in [5.41, 5.74) is 7.15. The summed E-state index contributed by atoms with van der Waals surface area (Å²) in [6.07, 6.45) is 1.46. The van der Waals surface area contributed by atoms with Gasteiger partial charge in [-0.15, -0.1) is 0 Å².